The minimum atomic E-state index is -0.334. The van der Waals surface area contributed by atoms with Gasteiger partial charge in [-0.25, -0.2) is 0 Å². The lowest BCUT2D eigenvalue weighted by Crippen LogP contribution is -2.41. The Labute approximate surface area is 126 Å². The third-order valence-corrected chi connectivity index (χ3v) is 4.62. The van der Waals surface area contributed by atoms with Crippen LogP contribution in [-0.4, -0.2) is 38.1 Å². The van der Waals surface area contributed by atoms with Crippen molar-refractivity contribution in [2.75, 3.05) is 19.8 Å². The Morgan fingerprint density at radius 1 is 1.05 bits per heavy atom. The third kappa shape index (κ3) is 2.88. The molecule has 5 heteroatoms. The second-order valence-electron chi connectivity index (χ2n) is 6.69. The highest BCUT2D eigenvalue weighted by Gasteiger charge is 2.51. The smallest absolute Gasteiger partial charge is 0.399 e. The monoisotopic (exact) mass is 290 g/mol. The molecule has 0 radical (unpaired) electrons. The molecule has 2 fully saturated rings. The zero-order chi connectivity index (χ0) is 15.1. The summed E-state index contributed by atoms with van der Waals surface area (Å²) in [5.74, 6) is 0. The van der Waals surface area contributed by atoms with Crippen molar-refractivity contribution in [3.8, 4) is 0 Å². The summed E-state index contributed by atoms with van der Waals surface area (Å²) < 4.78 is 23.4. The first kappa shape index (κ1) is 15.0. The van der Waals surface area contributed by atoms with E-state index in [0.29, 0.717) is 19.8 Å². The van der Waals surface area contributed by atoms with E-state index in [1.807, 2.05) is 12.1 Å². The zero-order valence-electron chi connectivity index (χ0n) is 13.2. The molecule has 2 aliphatic heterocycles. The summed E-state index contributed by atoms with van der Waals surface area (Å²) in [6.07, 6.45) is 0.00104. The van der Waals surface area contributed by atoms with Crippen LogP contribution >= 0.6 is 0 Å². The minimum absolute atomic E-state index is 0.00104. The Bertz CT molecular complexity index is 493. The molecule has 0 amide bonds. The Morgan fingerprint density at radius 2 is 1.76 bits per heavy atom. The van der Waals surface area contributed by atoms with Gasteiger partial charge in [-0.05, 0) is 38.7 Å². The molecule has 0 aliphatic carbocycles. The summed E-state index contributed by atoms with van der Waals surface area (Å²) in [7, 11) is -0.334. The summed E-state index contributed by atoms with van der Waals surface area (Å²) in [5.41, 5.74) is 1.50. The van der Waals surface area contributed by atoms with Crippen molar-refractivity contribution in [2.45, 2.75) is 45.0 Å². The van der Waals surface area contributed by atoms with Gasteiger partial charge in [-0.2, -0.15) is 0 Å². The zero-order valence-corrected chi connectivity index (χ0v) is 13.2. The molecule has 1 aromatic rings. The lowest BCUT2D eigenvalue weighted by Gasteiger charge is -2.32. The van der Waals surface area contributed by atoms with Crippen molar-refractivity contribution in [2.24, 2.45) is 0 Å². The van der Waals surface area contributed by atoms with E-state index >= 15 is 0 Å². The van der Waals surface area contributed by atoms with Crippen LogP contribution in [0.2, 0.25) is 0 Å². The Morgan fingerprint density at radius 3 is 2.38 bits per heavy atom. The molecule has 21 heavy (non-hydrogen) atoms. The predicted molar refractivity (Wildman–Crippen MR) is 81.7 cm³/mol. The number of hydrogen-bond donors (Lipinski definition) is 0. The van der Waals surface area contributed by atoms with Gasteiger partial charge in [0.15, 0.2) is 0 Å². The molecule has 0 saturated carbocycles. The van der Waals surface area contributed by atoms with Crippen molar-refractivity contribution in [3.05, 3.63) is 29.8 Å². The van der Waals surface area contributed by atoms with Crippen LogP contribution in [0, 0.1) is 0 Å². The van der Waals surface area contributed by atoms with Crippen LogP contribution in [-0.2, 0) is 18.8 Å². The Balaban J connectivity index is 1.81. The largest absolute Gasteiger partial charge is 0.494 e. The van der Waals surface area contributed by atoms with E-state index < -0.39 is 0 Å². The average molecular weight is 290 g/mol. The van der Waals surface area contributed by atoms with Gasteiger partial charge >= 0.3 is 7.12 Å². The molecule has 114 valence electrons. The molecular weight excluding hydrogens is 267 g/mol. The highest BCUT2D eigenvalue weighted by molar-refractivity contribution is 6.62. The highest BCUT2D eigenvalue weighted by Crippen LogP contribution is 2.36. The van der Waals surface area contributed by atoms with Crippen LogP contribution in [0.3, 0.4) is 0 Å². The van der Waals surface area contributed by atoms with Crippen LogP contribution in [0.1, 0.15) is 39.4 Å². The molecule has 4 nitrogen and oxygen atoms in total. The van der Waals surface area contributed by atoms with Crippen LogP contribution in [0.4, 0.5) is 0 Å². The predicted octanol–water partition coefficient (Wildman–Crippen LogP) is 2.07. The third-order valence-electron chi connectivity index (χ3n) is 4.62. The fraction of sp³-hybridized carbons (Fsp3) is 0.625. The number of ether oxygens (including phenoxy) is 2. The van der Waals surface area contributed by atoms with Gasteiger partial charge in [0.25, 0.3) is 0 Å². The fourth-order valence-corrected chi connectivity index (χ4v) is 2.57. The molecule has 0 bridgehead atoms. The maximum atomic E-state index is 6.10. The average Bonchev–Trinajstić information content (AvgIpc) is 2.69. The van der Waals surface area contributed by atoms with Crippen LogP contribution < -0.4 is 5.46 Å². The second kappa shape index (κ2) is 5.40. The van der Waals surface area contributed by atoms with Crippen molar-refractivity contribution in [1.29, 1.82) is 0 Å². The first-order valence-corrected chi connectivity index (χ1v) is 7.54. The van der Waals surface area contributed by atoms with Crippen LogP contribution in [0.15, 0.2) is 24.3 Å². The molecule has 0 spiro atoms. The fourth-order valence-electron chi connectivity index (χ4n) is 2.57. The molecule has 1 atom stereocenters. The molecular formula is C16H23BO4. The quantitative estimate of drug-likeness (QED) is 0.781. The molecule has 2 heterocycles. The highest BCUT2D eigenvalue weighted by atomic mass is 16.7. The maximum Gasteiger partial charge on any atom is 0.494 e. The van der Waals surface area contributed by atoms with Gasteiger partial charge in [0, 0.05) is 0 Å². The number of benzene rings is 1. The van der Waals surface area contributed by atoms with Gasteiger partial charge in [0.05, 0.1) is 31.0 Å². The van der Waals surface area contributed by atoms with E-state index in [9.17, 15) is 0 Å². The Kier molecular flexibility index (Phi) is 3.86. The molecule has 1 aromatic carbocycles. The Hall–Kier alpha value is -0.875. The van der Waals surface area contributed by atoms with Crippen molar-refractivity contribution in [1.82, 2.24) is 0 Å². The summed E-state index contributed by atoms with van der Waals surface area (Å²) >= 11 is 0. The van der Waals surface area contributed by atoms with E-state index in [-0.39, 0.29) is 24.4 Å². The molecule has 0 aromatic heterocycles. The molecule has 1 unspecified atom stereocenters. The summed E-state index contributed by atoms with van der Waals surface area (Å²) in [6.45, 7) is 10.2. The van der Waals surface area contributed by atoms with E-state index in [1.165, 1.54) is 0 Å². The molecule has 2 aliphatic rings. The number of hydrogen-bond acceptors (Lipinski definition) is 4. The molecule has 2 saturated heterocycles. The van der Waals surface area contributed by atoms with Crippen molar-refractivity contribution < 1.29 is 18.8 Å². The maximum absolute atomic E-state index is 6.10. The van der Waals surface area contributed by atoms with E-state index in [2.05, 4.69) is 39.8 Å². The standard InChI is InChI=1S/C16H23BO4/c1-15(2)16(3,4)21-17(20-15)13-7-5-6-12(10-13)14-11-18-8-9-19-14/h5-7,10,14H,8-9,11H2,1-4H3. The van der Waals surface area contributed by atoms with E-state index in [0.717, 1.165) is 11.0 Å². The first-order valence-electron chi connectivity index (χ1n) is 7.54. The van der Waals surface area contributed by atoms with Crippen LogP contribution in [0.25, 0.3) is 0 Å². The summed E-state index contributed by atoms with van der Waals surface area (Å²) in [4.78, 5) is 0. The lowest BCUT2D eigenvalue weighted by molar-refractivity contribution is -0.0901. The second-order valence-corrected chi connectivity index (χ2v) is 6.69. The van der Waals surface area contributed by atoms with E-state index in [4.69, 9.17) is 18.8 Å². The van der Waals surface area contributed by atoms with Gasteiger partial charge < -0.3 is 18.8 Å². The van der Waals surface area contributed by atoms with Crippen LogP contribution in [0.5, 0.6) is 0 Å². The lowest BCUT2D eigenvalue weighted by atomic mass is 9.78. The number of rotatable bonds is 2. The minimum Gasteiger partial charge on any atom is -0.399 e. The van der Waals surface area contributed by atoms with Gasteiger partial charge in [-0.1, -0.05) is 24.3 Å². The van der Waals surface area contributed by atoms with Crippen molar-refractivity contribution >= 4 is 12.6 Å². The topological polar surface area (TPSA) is 36.9 Å². The van der Waals surface area contributed by atoms with Gasteiger partial charge in [0.2, 0.25) is 0 Å². The summed E-state index contributed by atoms with van der Waals surface area (Å²) in [5, 5.41) is 0. The van der Waals surface area contributed by atoms with Gasteiger partial charge in [-0.15, -0.1) is 0 Å². The van der Waals surface area contributed by atoms with Gasteiger partial charge in [0.1, 0.15) is 6.10 Å². The summed E-state index contributed by atoms with van der Waals surface area (Å²) in [6, 6.07) is 8.22. The van der Waals surface area contributed by atoms with Gasteiger partial charge in [-0.3, -0.25) is 0 Å². The van der Waals surface area contributed by atoms with Crippen molar-refractivity contribution in [3.63, 3.8) is 0 Å². The SMILES string of the molecule is CC1(C)OB(c2cccc(C3COCCO3)c2)OC1(C)C. The first-order chi connectivity index (χ1) is 9.89. The molecule has 3 rings (SSSR count). The molecule has 0 N–H and O–H groups in total. The van der Waals surface area contributed by atoms with E-state index in [1.54, 1.807) is 0 Å². The normalized spacial score (nSPS) is 27.8.